The molecule has 5 nitrogen and oxygen atoms in total. The molecule has 0 fully saturated rings. The number of hydrogen-bond acceptors (Lipinski definition) is 4. The zero-order valence-electron chi connectivity index (χ0n) is 12.5. The molecule has 0 saturated carbocycles. The third-order valence-corrected chi connectivity index (χ3v) is 3.91. The number of carbonyl (C=O) groups excluding carboxylic acids is 1. The maximum Gasteiger partial charge on any atom is 0.349 e. The lowest BCUT2D eigenvalue weighted by Crippen LogP contribution is -2.39. The third-order valence-electron chi connectivity index (χ3n) is 3.42. The highest BCUT2D eigenvalue weighted by Gasteiger charge is 2.18. The number of benzene rings is 1. The Morgan fingerprint density at radius 3 is 2.73 bits per heavy atom. The zero-order chi connectivity index (χ0) is 15.6. The van der Waals surface area contributed by atoms with Gasteiger partial charge in [-0.25, -0.2) is 4.79 Å². The molecule has 2 aromatic rings. The van der Waals surface area contributed by atoms with Crippen LogP contribution in [0.2, 0.25) is 0 Å². The van der Waals surface area contributed by atoms with Crippen molar-refractivity contribution in [1.82, 2.24) is 10.6 Å². The van der Waals surface area contributed by atoms with Crippen LogP contribution in [0.25, 0.3) is 11.0 Å². The molecule has 1 amide bonds. The van der Waals surface area contributed by atoms with E-state index < -0.39 is 11.5 Å². The van der Waals surface area contributed by atoms with Crippen LogP contribution < -0.4 is 16.3 Å². The average molecular weight is 390 g/mol. The Bertz CT molecular complexity index is 745. The quantitative estimate of drug-likeness (QED) is 0.789. The predicted molar refractivity (Wildman–Crippen MR) is 93.0 cm³/mol. The molecule has 0 aliphatic carbocycles. The van der Waals surface area contributed by atoms with Gasteiger partial charge in [0.1, 0.15) is 11.1 Å². The van der Waals surface area contributed by atoms with Crippen LogP contribution in [-0.4, -0.2) is 25.5 Å². The number of aryl methyl sites for hydroxylation is 1. The Kier molecular flexibility index (Phi) is 6.59. The number of carbonyl (C=O) groups is 1. The Balaban J connectivity index is 0.00000242. The molecule has 1 aromatic carbocycles. The summed E-state index contributed by atoms with van der Waals surface area (Å²) in [7, 11) is 1.81. The minimum atomic E-state index is -0.614. The Labute approximate surface area is 143 Å². The summed E-state index contributed by atoms with van der Waals surface area (Å²) in [5.74, 6) is -0.412. The Morgan fingerprint density at radius 1 is 1.41 bits per heavy atom. The van der Waals surface area contributed by atoms with Crippen molar-refractivity contribution in [2.45, 2.75) is 19.9 Å². The van der Waals surface area contributed by atoms with Gasteiger partial charge < -0.3 is 15.1 Å². The summed E-state index contributed by atoms with van der Waals surface area (Å²) in [6, 6.07) is 5.45. The summed E-state index contributed by atoms with van der Waals surface area (Å²) in [6.45, 7) is 4.12. The highest BCUT2D eigenvalue weighted by molar-refractivity contribution is 9.10. The van der Waals surface area contributed by atoms with E-state index in [4.69, 9.17) is 4.42 Å². The average Bonchev–Trinajstić information content (AvgIpc) is 2.45. The van der Waals surface area contributed by atoms with Crippen LogP contribution in [0.15, 0.2) is 31.9 Å². The van der Waals surface area contributed by atoms with Crippen LogP contribution in [0, 0.1) is 6.92 Å². The van der Waals surface area contributed by atoms with E-state index in [1.54, 1.807) is 19.1 Å². The van der Waals surface area contributed by atoms with Crippen LogP contribution in [0.4, 0.5) is 0 Å². The lowest BCUT2D eigenvalue weighted by Gasteiger charge is -2.12. The molecule has 7 heteroatoms. The van der Waals surface area contributed by atoms with Crippen molar-refractivity contribution in [2.24, 2.45) is 0 Å². The molecule has 1 unspecified atom stereocenters. The van der Waals surface area contributed by atoms with Gasteiger partial charge in [0.05, 0.1) is 0 Å². The first-order valence-corrected chi connectivity index (χ1v) is 7.41. The second-order valence-electron chi connectivity index (χ2n) is 4.93. The molecule has 22 heavy (non-hydrogen) atoms. The lowest BCUT2D eigenvalue weighted by atomic mass is 10.1. The van der Waals surface area contributed by atoms with Gasteiger partial charge in [0.25, 0.3) is 5.91 Å². The largest absolute Gasteiger partial charge is 0.422 e. The second kappa shape index (κ2) is 7.76. The molecule has 2 N–H and O–H groups in total. The van der Waals surface area contributed by atoms with E-state index in [-0.39, 0.29) is 24.0 Å². The fourth-order valence-corrected chi connectivity index (χ4v) is 2.38. The first-order chi connectivity index (χ1) is 9.93. The smallest absolute Gasteiger partial charge is 0.349 e. The lowest BCUT2D eigenvalue weighted by molar-refractivity contribution is 0.0946. The van der Waals surface area contributed by atoms with Gasteiger partial charge in [0.2, 0.25) is 0 Å². The molecule has 0 radical (unpaired) electrons. The third kappa shape index (κ3) is 3.88. The fraction of sp³-hybridized carbons (Fsp3) is 0.333. The van der Waals surface area contributed by atoms with Crippen molar-refractivity contribution in [3.05, 3.63) is 44.2 Å². The van der Waals surface area contributed by atoms with Gasteiger partial charge in [-0.3, -0.25) is 4.79 Å². The molecule has 2 rings (SSSR count). The first kappa shape index (κ1) is 18.7. The van der Waals surface area contributed by atoms with Crippen LogP contribution in [-0.2, 0) is 0 Å². The number of fused-ring (bicyclic) bond motifs is 1. The van der Waals surface area contributed by atoms with Gasteiger partial charge in [-0.15, -0.1) is 12.4 Å². The molecule has 120 valence electrons. The summed E-state index contributed by atoms with van der Waals surface area (Å²) in [5, 5.41) is 6.50. The Hall–Kier alpha value is -1.37. The number of rotatable bonds is 4. The van der Waals surface area contributed by atoms with E-state index in [0.29, 0.717) is 17.7 Å². The predicted octanol–water partition coefficient (Wildman–Crippen LogP) is 2.62. The molecule has 1 aromatic heterocycles. The van der Waals surface area contributed by atoms with Gasteiger partial charge in [0.15, 0.2) is 0 Å². The molecule has 1 heterocycles. The molecule has 0 bridgehead atoms. The van der Waals surface area contributed by atoms with E-state index in [0.717, 1.165) is 9.86 Å². The zero-order valence-corrected chi connectivity index (χ0v) is 14.9. The molecule has 1 atom stereocenters. The maximum atomic E-state index is 12.2. The minimum absolute atomic E-state index is 0. The van der Waals surface area contributed by atoms with Crippen molar-refractivity contribution in [2.75, 3.05) is 13.6 Å². The monoisotopic (exact) mass is 388 g/mol. The number of halogens is 2. The van der Waals surface area contributed by atoms with Crippen LogP contribution >= 0.6 is 28.3 Å². The van der Waals surface area contributed by atoms with Gasteiger partial charge in [-0.05, 0) is 44.7 Å². The van der Waals surface area contributed by atoms with Gasteiger partial charge in [-0.2, -0.15) is 0 Å². The second-order valence-corrected chi connectivity index (χ2v) is 5.85. The van der Waals surface area contributed by atoms with Crippen molar-refractivity contribution in [3.8, 4) is 0 Å². The molecule has 0 aliphatic rings. The van der Waals surface area contributed by atoms with Gasteiger partial charge >= 0.3 is 5.63 Å². The number of hydrogen-bond donors (Lipinski definition) is 2. The molecule has 0 aliphatic heterocycles. The van der Waals surface area contributed by atoms with E-state index in [1.807, 2.05) is 20.0 Å². The highest BCUT2D eigenvalue weighted by Crippen LogP contribution is 2.23. The topological polar surface area (TPSA) is 71.3 Å². The van der Waals surface area contributed by atoms with Gasteiger partial charge in [0, 0.05) is 22.4 Å². The summed E-state index contributed by atoms with van der Waals surface area (Å²) < 4.78 is 6.09. The number of nitrogens with one attached hydrogen (secondary N) is 2. The van der Waals surface area contributed by atoms with Gasteiger partial charge in [-0.1, -0.05) is 15.9 Å². The fourth-order valence-electron chi connectivity index (χ4n) is 2.02. The van der Waals surface area contributed by atoms with Crippen molar-refractivity contribution < 1.29 is 9.21 Å². The molecule has 0 saturated heterocycles. The summed E-state index contributed by atoms with van der Waals surface area (Å²) >= 11 is 3.38. The van der Waals surface area contributed by atoms with Crippen LogP contribution in [0.5, 0.6) is 0 Å². The van der Waals surface area contributed by atoms with Crippen molar-refractivity contribution in [3.63, 3.8) is 0 Å². The van der Waals surface area contributed by atoms with E-state index in [2.05, 4.69) is 26.6 Å². The highest BCUT2D eigenvalue weighted by atomic mass is 79.9. The maximum absolute atomic E-state index is 12.2. The summed E-state index contributed by atoms with van der Waals surface area (Å²) in [6.07, 6.45) is 0. The number of likely N-dealkylation sites (N-methyl/N-ethyl adjacent to an activating group) is 1. The Morgan fingerprint density at radius 2 is 2.09 bits per heavy atom. The van der Waals surface area contributed by atoms with E-state index in [9.17, 15) is 9.59 Å². The standard InChI is InChI=1S/C15H17BrN2O3.ClH/c1-8(17-3)7-18-14(19)13-9(2)11-6-10(16)4-5-12(11)21-15(13)20;/h4-6,8,17H,7H2,1-3H3,(H,18,19);1H. The normalized spacial score (nSPS) is 11.8. The van der Waals surface area contributed by atoms with Crippen molar-refractivity contribution in [1.29, 1.82) is 0 Å². The van der Waals surface area contributed by atoms with E-state index >= 15 is 0 Å². The molecular weight excluding hydrogens is 372 g/mol. The van der Waals surface area contributed by atoms with Crippen molar-refractivity contribution >= 4 is 45.2 Å². The summed E-state index contributed by atoms with van der Waals surface area (Å²) in [4.78, 5) is 24.3. The number of amides is 1. The van der Waals surface area contributed by atoms with E-state index in [1.165, 1.54) is 0 Å². The van der Waals surface area contributed by atoms with Crippen LogP contribution in [0.3, 0.4) is 0 Å². The molecule has 0 spiro atoms. The SMILES string of the molecule is CNC(C)CNC(=O)c1c(C)c2cc(Br)ccc2oc1=O.Cl. The summed E-state index contributed by atoms with van der Waals surface area (Å²) in [5.41, 5.74) is 0.541. The first-order valence-electron chi connectivity index (χ1n) is 6.62. The minimum Gasteiger partial charge on any atom is -0.422 e. The molecular formula is C15H18BrClN2O3. The van der Waals surface area contributed by atoms with Crippen LogP contribution in [0.1, 0.15) is 22.8 Å².